The van der Waals surface area contributed by atoms with Crippen molar-refractivity contribution in [2.24, 2.45) is 0 Å². The number of hydrogen-bond acceptors (Lipinski definition) is 1. The number of hydrogen-bond donors (Lipinski definition) is 0. The zero-order chi connectivity index (χ0) is 34.5. The molecule has 0 N–H and O–H groups in total. The number of benzene rings is 8. The Labute approximate surface area is 300 Å². The molecule has 2 aliphatic carbocycles. The Morgan fingerprint density at radius 1 is 0.373 bits per heavy atom. The molecule has 0 heterocycles. The normalized spacial score (nSPS) is 14.6. The lowest BCUT2D eigenvalue weighted by atomic mass is 9.81. The summed E-state index contributed by atoms with van der Waals surface area (Å²) in [5, 5.41) is 4.96. The van der Waals surface area contributed by atoms with Crippen molar-refractivity contribution < 1.29 is 0 Å². The van der Waals surface area contributed by atoms with Gasteiger partial charge in [0.25, 0.3) is 0 Å². The first-order chi connectivity index (χ1) is 24.8. The second-order valence-electron chi connectivity index (χ2n) is 15.4. The molecule has 51 heavy (non-hydrogen) atoms. The highest BCUT2D eigenvalue weighted by Crippen LogP contribution is 2.54. The lowest BCUT2D eigenvalue weighted by Crippen LogP contribution is -2.17. The minimum atomic E-state index is -0.107. The molecule has 0 saturated heterocycles. The zero-order valence-corrected chi connectivity index (χ0v) is 29.5. The van der Waals surface area contributed by atoms with Gasteiger partial charge in [-0.1, -0.05) is 155 Å². The van der Waals surface area contributed by atoms with E-state index in [1.54, 1.807) is 0 Å². The first kappa shape index (κ1) is 29.9. The minimum Gasteiger partial charge on any atom is -0.310 e. The van der Waals surface area contributed by atoms with Crippen LogP contribution in [0.1, 0.15) is 49.9 Å². The minimum absolute atomic E-state index is 0.0920. The Morgan fingerprint density at radius 2 is 0.882 bits per heavy atom. The van der Waals surface area contributed by atoms with Gasteiger partial charge in [0.2, 0.25) is 0 Å². The van der Waals surface area contributed by atoms with Crippen LogP contribution in [0.5, 0.6) is 0 Å². The van der Waals surface area contributed by atoms with Crippen molar-refractivity contribution in [2.45, 2.75) is 38.5 Å². The van der Waals surface area contributed by atoms with Crippen LogP contribution in [0, 0.1) is 0 Å². The van der Waals surface area contributed by atoms with Crippen LogP contribution in [0.25, 0.3) is 54.9 Å². The van der Waals surface area contributed by atoms with Gasteiger partial charge in [-0.3, -0.25) is 0 Å². The van der Waals surface area contributed by atoms with Crippen molar-refractivity contribution >= 4 is 38.6 Å². The predicted octanol–water partition coefficient (Wildman–Crippen LogP) is 13.7. The maximum absolute atomic E-state index is 2.50. The Kier molecular flexibility index (Phi) is 6.34. The van der Waals surface area contributed by atoms with Crippen LogP contribution in [0.2, 0.25) is 0 Å². The topological polar surface area (TPSA) is 3.24 Å². The fraction of sp³-hybridized carbons (Fsp3) is 0.120. The monoisotopic (exact) mass is 653 g/mol. The summed E-state index contributed by atoms with van der Waals surface area (Å²) < 4.78 is 0. The van der Waals surface area contributed by atoms with Crippen LogP contribution >= 0.6 is 0 Å². The van der Waals surface area contributed by atoms with Gasteiger partial charge in [0.05, 0.1) is 5.69 Å². The van der Waals surface area contributed by atoms with Gasteiger partial charge >= 0.3 is 0 Å². The van der Waals surface area contributed by atoms with Crippen LogP contribution in [0.15, 0.2) is 164 Å². The summed E-state index contributed by atoms with van der Waals surface area (Å²) in [6, 6.07) is 61.2. The van der Waals surface area contributed by atoms with E-state index < -0.39 is 0 Å². The van der Waals surface area contributed by atoms with E-state index in [1.165, 1.54) is 82.9 Å². The van der Waals surface area contributed by atoms with E-state index >= 15 is 0 Å². The van der Waals surface area contributed by atoms with Gasteiger partial charge in [-0.05, 0) is 108 Å². The molecule has 0 fully saturated rings. The molecule has 1 nitrogen and oxygen atoms in total. The Hall–Kier alpha value is -5.92. The van der Waals surface area contributed by atoms with Crippen molar-refractivity contribution in [3.63, 3.8) is 0 Å². The smallest absolute Gasteiger partial charge is 0.0546 e. The highest BCUT2D eigenvalue weighted by Gasteiger charge is 2.37. The molecule has 0 spiro atoms. The summed E-state index contributed by atoms with van der Waals surface area (Å²) in [4.78, 5) is 2.50. The van der Waals surface area contributed by atoms with E-state index in [1.807, 2.05) is 0 Å². The highest BCUT2D eigenvalue weighted by molar-refractivity contribution is 6.06. The van der Waals surface area contributed by atoms with Gasteiger partial charge in [-0.2, -0.15) is 0 Å². The first-order valence-corrected chi connectivity index (χ1v) is 18.1. The van der Waals surface area contributed by atoms with Crippen molar-refractivity contribution in [1.82, 2.24) is 0 Å². The molecule has 8 aromatic rings. The summed E-state index contributed by atoms with van der Waals surface area (Å²) >= 11 is 0. The first-order valence-electron chi connectivity index (χ1n) is 18.1. The second-order valence-corrected chi connectivity index (χ2v) is 15.4. The van der Waals surface area contributed by atoms with Crippen LogP contribution in [-0.4, -0.2) is 0 Å². The lowest BCUT2D eigenvalue weighted by molar-refractivity contribution is 0.660. The molecular formula is C50H39N. The van der Waals surface area contributed by atoms with Crippen LogP contribution in [0.4, 0.5) is 17.1 Å². The van der Waals surface area contributed by atoms with Crippen molar-refractivity contribution in [1.29, 1.82) is 0 Å². The summed E-state index contributed by atoms with van der Waals surface area (Å²) in [5.74, 6) is 0. The number of anilines is 3. The molecule has 244 valence electrons. The highest BCUT2D eigenvalue weighted by atomic mass is 15.1. The number of fused-ring (bicyclic) bond motifs is 8. The second kappa shape index (κ2) is 10.8. The molecule has 0 atom stereocenters. The number of nitrogens with zero attached hydrogens (tertiary/aromatic N) is 1. The van der Waals surface area contributed by atoms with E-state index in [-0.39, 0.29) is 10.8 Å². The lowest BCUT2D eigenvalue weighted by Gasteiger charge is -2.31. The van der Waals surface area contributed by atoms with E-state index in [9.17, 15) is 0 Å². The van der Waals surface area contributed by atoms with Crippen LogP contribution in [0.3, 0.4) is 0 Å². The standard InChI is InChI=1S/C50H39N/c1-49(2)43-19-11-9-17-39(43)41-26-22-35(30-45(41)49)48-38-16-8-7-14-33(38)23-28-47(48)51(36-24-21-32-13-5-6-15-34(32)29-36)37-25-27-42-40-18-10-12-20-44(40)50(3,4)46(42)31-37/h5-31H,1-4H3. The molecule has 0 radical (unpaired) electrons. The molecule has 10 rings (SSSR count). The third-order valence-electron chi connectivity index (χ3n) is 11.8. The molecule has 0 aliphatic heterocycles. The SMILES string of the molecule is CC1(C)c2ccccc2-c2ccc(-c3c(N(c4ccc5c(c4)C(C)(C)c4ccccc4-5)c4ccc5ccccc5c4)ccc4ccccc34)cc21. The molecule has 0 saturated carbocycles. The maximum Gasteiger partial charge on any atom is 0.0546 e. The zero-order valence-electron chi connectivity index (χ0n) is 29.5. The van der Waals surface area contributed by atoms with Crippen molar-refractivity contribution in [3.8, 4) is 33.4 Å². The van der Waals surface area contributed by atoms with E-state index in [2.05, 4.69) is 196 Å². The average Bonchev–Trinajstić information content (AvgIpc) is 3.54. The Bertz CT molecular complexity index is 2710. The molecular weight excluding hydrogens is 615 g/mol. The summed E-state index contributed by atoms with van der Waals surface area (Å²) in [7, 11) is 0. The van der Waals surface area contributed by atoms with Gasteiger partial charge in [-0.25, -0.2) is 0 Å². The number of rotatable bonds is 4. The largest absolute Gasteiger partial charge is 0.310 e. The van der Waals surface area contributed by atoms with E-state index in [0.29, 0.717) is 0 Å². The molecule has 0 amide bonds. The third-order valence-corrected chi connectivity index (χ3v) is 11.8. The quantitative estimate of drug-likeness (QED) is 0.183. The molecule has 2 aliphatic rings. The average molecular weight is 654 g/mol. The molecule has 0 bridgehead atoms. The fourth-order valence-corrected chi connectivity index (χ4v) is 9.18. The van der Waals surface area contributed by atoms with Gasteiger partial charge in [0.1, 0.15) is 0 Å². The molecule has 1 heteroatoms. The third kappa shape index (κ3) is 4.34. The Balaban J connectivity index is 1.25. The van der Waals surface area contributed by atoms with Gasteiger partial charge < -0.3 is 4.90 Å². The van der Waals surface area contributed by atoms with E-state index in [4.69, 9.17) is 0 Å². The van der Waals surface area contributed by atoms with Gasteiger partial charge in [0, 0.05) is 27.8 Å². The van der Waals surface area contributed by atoms with Crippen LogP contribution in [-0.2, 0) is 10.8 Å². The van der Waals surface area contributed by atoms with Crippen molar-refractivity contribution in [3.05, 3.63) is 186 Å². The molecule has 8 aromatic carbocycles. The van der Waals surface area contributed by atoms with E-state index in [0.717, 1.165) is 11.4 Å². The van der Waals surface area contributed by atoms with Crippen LogP contribution < -0.4 is 4.90 Å². The summed E-state index contributed by atoms with van der Waals surface area (Å²) in [5.41, 5.74) is 16.7. The van der Waals surface area contributed by atoms with Gasteiger partial charge in [0.15, 0.2) is 0 Å². The van der Waals surface area contributed by atoms with Gasteiger partial charge in [-0.15, -0.1) is 0 Å². The molecule has 0 unspecified atom stereocenters. The summed E-state index contributed by atoms with van der Waals surface area (Å²) in [6.45, 7) is 9.48. The maximum atomic E-state index is 2.50. The fourth-order valence-electron chi connectivity index (χ4n) is 9.18. The van der Waals surface area contributed by atoms with Crippen molar-refractivity contribution in [2.75, 3.05) is 4.90 Å². The Morgan fingerprint density at radius 3 is 1.61 bits per heavy atom. The predicted molar refractivity (Wildman–Crippen MR) is 217 cm³/mol. The molecule has 0 aromatic heterocycles. The summed E-state index contributed by atoms with van der Waals surface area (Å²) in [6.07, 6.45) is 0.